The molecule has 21 heavy (non-hydrogen) atoms. The number of benzene rings is 1. The molecule has 0 aliphatic heterocycles. The smallest absolute Gasteiger partial charge is 0.338 e. The number of rotatable bonds is 7. The van der Waals surface area contributed by atoms with Crippen LogP contribution in [0.1, 0.15) is 25.8 Å². The molecule has 0 saturated carbocycles. The number of ether oxygens (including phenoxy) is 4. The molecule has 0 radical (unpaired) electrons. The summed E-state index contributed by atoms with van der Waals surface area (Å²) in [5.41, 5.74) is 1.18. The van der Waals surface area contributed by atoms with E-state index >= 15 is 0 Å². The largest absolute Gasteiger partial charge is 0.493 e. The number of carbonyl (C=O) groups excluding carboxylic acids is 1. The van der Waals surface area contributed by atoms with E-state index in [1.807, 2.05) is 6.07 Å². The molecular formula is C16H22O5. The van der Waals surface area contributed by atoms with Gasteiger partial charge in [0, 0.05) is 11.1 Å². The molecule has 0 aromatic heterocycles. The molecule has 0 saturated heterocycles. The van der Waals surface area contributed by atoms with Crippen molar-refractivity contribution in [3.8, 4) is 23.0 Å². The first kappa shape index (κ1) is 16.9. The van der Waals surface area contributed by atoms with E-state index in [4.69, 9.17) is 18.9 Å². The van der Waals surface area contributed by atoms with Crippen molar-refractivity contribution in [1.82, 2.24) is 0 Å². The normalized spacial score (nSPS) is 9.95. The third-order valence-electron chi connectivity index (χ3n) is 2.92. The Kier molecular flexibility index (Phi) is 6.09. The van der Waals surface area contributed by atoms with Gasteiger partial charge in [0.15, 0.2) is 11.5 Å². The predicted octanol–water partition coefficient (Wildman–Crippen LogP) is 3.15. The maximum absolute atomic E-state index is 11.8. The average molecular weight is 294 g/mol. The Balaban J connectivity index is 3.49. The third kappa shape index (κ3) is 3.68. The van der Waals surface area contributed by atoms with Gasteiger partial charge < -0.3 is 18.9 Å². The molecule has 0 aliphatic rings. The summed E-state index contributed by atoms with van der Waals surface area (Å²) in [6, 6.07) is 1.83. The predicted molar refractivity (Wildman–Crippen MR) is 80.5 cm³/mol. The van der Waals surface area contributed by atoms with Crippen molar-refractivity contribution < 1.29 is 23.7 Å². The zero-order valence-electron chi connectivity index (χ0n) is 13.2. The summed E-state index contributed by atoms with van der Waals surface area (Å²) in [4.78, 5) is 11.8. The van der Waals surface area contributed by atoms with Gasteiger partial charge in [-0.05, 0) is 19.4 Å². The summed E-state index contributed by atoms with van der Waals surface area (Å²) >= 11 is 0. The second kappa shape index (κ2) is 7.57. The Labute approximate surface area is 125 Å². The first-order valence-corrected chi connectivity index (χ1v) is 6.69. The van der Waals surface area contributed by atoms with Gasteiger partial charge in [-0.3, -0.25) is 0 Å². The van der Waals surface area contributed by atoms with Gasteiger partial charge >= 0.3 is 5.97 Å². The first-order chi connectivity index (χ1) is 9.99. The van der Waals surface area contributed by atoms with Gasteiger partial charge in [0.05, 0.1) is 21.3 Å². The minimum Gasteiger partial charge on any atom is -0.493 e. The molecule has 1 aromatic carbocycles. The van der Waals surface area contributed by atoms with E-state index in [9.17, 15) is 4.79 Å². The second-order valence-corrected chi connectivity index (χ2v) is 4.55. The molecule has 0 heterocycles. The van der Waals surface area contributed by atoms with Crippen LogP contribution in [0.3, 0.4) is 0 Å². The zero-order chi connectivity index (χ0) is 16.0. The Bertz CT molecular complexity index is 534. The highest BCUT2D eigenvalue weighted by atomic mass is 16.6. The number of aryl methyl sites for hydroxylation is 1. The van der Waals surface area contributed by atoms with Crippen molar-refractivity contribution in [2.75, 3.05) is 21.3 Å². The summed E-state index contributed by atoms with van der Waals surface area (Å²) < 4.78 is 21.4. The maximum Gasteiger partial charge on any atom is 0.338 e. The Morgan fingerprint density at radius 2 is 1.71 bits per heavy atom. The quantitative estimate of drug-likeness (QED) is 0.439. The van der Waals surface area contributed by atoms with Crippen LogP contribution in [0.15, 0.2) is 18.2 Å². The van der Waals surface area contributed by atoms with E-state index in [2.05, 4.69) is 13.5 Å². The van der Waals surface area contributed by atoms with Crippen molar-refractivity contribution in [1.29, 1.82) is 0 Å². The van der Waals surface area contributed by atoms with E-state index in [0.717, 1.165) is 18.4 Å². The van der Waals surface area contributed by atoms with Crippen LogP contribution in [-0.2, 0) is 11.2 Å². The highest BCUT2D eigenvalue weighted by molar-refractivity contribution is 5.90. The van der Waals surface area contributed by atoms with Crippen molar-refractivity contribution in [3.63, 3.8) is 0 Å². The number of methoxy groups -OCH3 is 3. The number of hydrogen-bond acceptors (Lipinski definition) is 5. The molecule has 0 N–H and O–H groups in total. The van der Waals surface area contributed by atoms with Gasteiger partial charge in [0.25, 0.3) is 0 Å². The molecule has 1 aromatic rings. The van der Waals surface area contributed by atoms with Gasteiger partial charge in [0.1, 0.15) is 0 Å². The highest BCUT2D eigenvalue weighted by Gasteiger charge is 2.24. The fraction of sp³-hybridized carbons (Fsp3) is 0.438. The molecule has 0 bridgehead atoms. The minimum atomic E-state index is -0.540. The minimum absolute atomic E-state index is 0.218. The standard InChI is InChI=1S/C16H22O5/c1-7-8-11-9-12(18-4)14(20-6)15(13(11)19-5)21-16(17)10(2)3/h9H,2,7-8H2,1,3-6H3. The molecule has 0 atom stereocenters. The Hall–Kier alpha value is -2.17. The summed E-state index contributed by atoms with van der Waals surface area (Å²) in [5.74, 6) is 0.970. The number of esters is 1. The van der Waals surface area contributed by atoms with Crippen molar-refractivity contribution in [2.45, 2.75) is 26.7 Å². The van der Waals surface area contributed by atoms with Crippen LogP contribution >= 0.6 is 0 Å². The highest BCUT2D eigenvalue weighted by Crippen LogP contribution is 2.47. The van der Waals surface area contributed by atoms with Crippen LogP contribution in [0.25, 0.3) is 0 Å². The SMILES string of the molecule is C=C(C)C(=O)Oc1c(OC)c(CCC)cc(OC)c1OC. The van der Waals surface area contributed by atoms with Crippen LogP contribution < -0.4 is 18.9 Å². The molecular weight excluding hydrogens is 272 g/mol. The van der Waals surface area contributed by atoms with Crippen molar-refractivity contribution >= 4 is 5.97 Å². The van der Waals surface area contributed by atoms with E-state index < -0.39 is 5.97 Å². The lowest BCUT2D eigenvalue weighted by atomic mass is 10.1. The van der Waals surface area contributed by atoms with Gasteiger partial charge in [-0.25, -0.2) is 4.79 Å². The molecule has 5 nitrogen and oxygen atoms in total. The van der Waals surface area contributed by atoms with E-state index in [-0.39, 0.29) is 5.75 Å². The maximum atomic E-state index is 11.8. The van der Waals surface area contributed by atoms with Crippen molar-refractivity contribution in [2.24, 2.45) is 0 Å². The van der Waals surface area contributed by atoms with E-state index in [1.54, 1.807) is 6.92 Å². The lowest BCUT2D eigenvalue weighted by molar-refractivity contribution is -0.130. The third-order valence-corrected chi connectivity index (χ3v) is 2.92. The lowest BCUT2D eigenvalue weighted by Gasteiger charge is -2.19. The summed E-state index contributed by atoms with van der Waals surface area (Å²) in [6.45, 7) is 7.21. The van der Waals surface area contributed by atoms with Crippen LogP contribution in [0, 0.1) is 0 Å². The molecule has 0 spiro atoms. The van der Waals surface area contributed by atoms with Crippen LogP contribution in [0.5, 0.6) is 23.0 Å². The molecule has 1 rings (SSSR count). The van der Waals surface area contributed by atoms with Crippen LogP contribution in [0.4, 0.5) is 0 Å². The molecule has 0 fully saturated rings. The zero-order valence-corrected chi connectivity index (χ0v) is 13.2. The van der Waals surface area contributed by atoms with Gasteiger partial charge in [0.2, 0.25) is 11.5 Å². The first-order valence-electron chi connectivity index (χ1n) is 6.69. The Morgan fingerprint density at radius 1 is 1.10 bits per heavy atom. The lowest BCUT2D eigenvalue weighted by Crippen LogP contribution is -2.11. The summed E-state index contributed by atoms with van der Waals surface area (Å²) in [6.07, 6.45) is 1.68. The molecule has 0 aliphatic carbocycles. The van der Waals surface area contributed by atoms with Crippen molar-refractivity contribution in [3.05, 3.63) is 23.8 Å². The van der Waals surface area contributed by atoms with Gasteiger partial charge in [-0.1, -0.05) is 19.9 Å². The van der Waals surface area contributed by atoms with Gasteiger partial charge in [-0.15, -0.1) is 0 Å². The number of hydrogen-bond donors (Lipinski definition) is 0. The fourth-order valence-electron chi connectivity index (χ4n) is 1.95. The molecule has 5 heteroatoms. The second-order valence-electron chi connectivity index (χ2n) is 4.55. The monoisotopic (exact) mass is 294 g/mol. The number of carbonyl (C=O) groups is 1. The van der Waals surface area contributed by atoms with E-state index in [1.165, 1.54) is 21.3 Å². The summed E-state index contributed by atoms with van der Waals surface area (Å²) in [7, 11) is 4.54. The van der Waals surface area contributed by atoms with Crippen LogP contribution in [0.2, 0.25) is 0 Å². The molecule has 116 valence electrons. The molecule has 0 unspecified atom stereocenters. The average Bonchev–Trinajstić information content (AvgIpc) is 2.46. The van der Waals surface area contributed by atoms with E-state index in [0.29, 0.717) is 22.8 Å². The Morgan fingerprint density at radius 3 is 2.14 bits per heavy atom. The van der Waals surface area contributed by atoms with Crippen LogP contribution in [-0.4, -0.2) is 27.3 Å². The van der Waals surface area contributed by atoms with Gasteiger partial charge in [-0.2, -0.15) is 0 Å². The molecule has 0 amide bonds. The topological polar surface area (TPSA) is 54.0 Å². The summed E-state index contributed by atoms with van der Waals surface area (Å²) in [5, 5.41) is 0. The fourth-order valence-corrected chi connectivity index (χ4v) is 1.95.